The lowest BCUT2D eigenvalue weighted by atomic mass is 10.1. The molecule has 1 fully saturated rings. The first-order valence-corrected chi connectivity index (χ1v) is 8.66. The van der Waals surface area contributed by atoms with E-state index in [4.69, 9.17) is 4.74 Å². The van der Waals surface area contributed by atoms with Crippen LogP contribution in [0.2, 0.25) is 0 Å². The smallest absolute Gasteiger partial charge is 0.254 e. The zero-order chi connectivity index (χ0) is 19.2. The van der Waals surface area contributed by atoms with E-state index in [0.717, 1.165) is 0 Å². The lowest BCUT2D eigenvalue weighted by Crippen LogP contribution is -2.58. The first-order chi connectivity index (χ1) is 13.1. The predicted molar refractivity (Wildman–Crippen MR) is 101 cm³/mol. The number of ether oxygens (including phenoxy) is 1. The molecular formula is C20H21N3O4. The summed E-state index contributed by atoms with van der Waals surface area (Å²) in [5.41, 5.74) is 1.09. The molecule has 27 heavy (non-hydrogen) atoms. The normalized spacial score (nSPS) is 16.4. The molecule has 0 aromatic heterocycles. The average molecular weight is 367 g/mol. The third-order valence-corrected chi connectivity index (χ3v) is 4.36. The maximum absolute atomic E-state index is 12.8. The Labute approximate surface area is 157 Å². The summed E-state index contributed by atoms with van der Waals surface area (Å²) in [5, 5.41) is 5.47. The van der Waals surface area contributed by atoms with Crippen molar-refractivity contribution in [3.05, 3.63) is 60.2 Å². The van der Waals surface area contributed by atoms with Gasteiger partial charge in [-0.15, -0.1) is 0 Å². The van der Waals surface area contributed by atoms with E-state index in [0.29, 0.717) is 30.1 Å². The molecule has 7 heteroatoms. The molecule has 7 nitrogen and oxygen atoms in total. The van der Waals surface area contributed by atoms with Gasteiger partial charge < -0.3 is 20.3 Å². The zero-order valence-corrected chi connectivity index (χ0v) is 15.0. The Morgan fingerprint density at radius 3 is 2.52 bits per heavy atom. The van der Waals surface area contributed by atoms with E-state index in [-0.39, 0.29) is 24.1 Å². The number of anilines is 1. The SMILES string of the molecule is COc1ccc(NC(=O)C[C@H]2C(=O)NCCN2C(=O)c2ccccc2)cc1. The summed E-state index contributed by atoms with van der Waals surface area (Å²) in [7, 11) is 1.56. The first-order valence-electron chi connectivity index (χ1n) is 8.66. The highest BCUT2D eigenvalue weighted by Crippen LogP contribution is 2.17. The highest BCUT2D eigenvalue weighted by atomic mass is 16.5. The summed E-state index contributed by atoms with van der Waals surface area (Å²) in [4.78, 5) is 39.0. The van der Waals surface area contributed by atoms with Gasteiger partial charge in [0.1, 0.15) is 11.8 Å². The van der Waals surface area contributed by atoms with Crippen molar-refractivity contribution < 1.29 is 19.1 Å². The standard InChI is InChI=1S/C20H21N3O4/c1-27-16-9-7-15(8-10-16)22-18(24)13-17-19(25)21-11-12-23(17)20(26)14-5-3-2-4-6-14/h2-10,17H,11-13H2,1H3,(H,21,25)(H,22,24)/t17-/m0/s1. The molecule has 0 saturated carbocycles. The number of nitrogens with one attached hydrogen (secondary N) is 2. The van der Waals surface area contributed by atoms with Gasteiger partial charge in [0, 0.05) is 24.3 Å². The monoisotopic (exact) mass is 367 g/mol. The highest BCUT2D eigenvalue weighted by Gasteiger charge is 2.35. The van der Waals surface area contributed by atoms with Crippen LogP contribution >= 0.6 is 0 Å². The fourth-order valence-electron chi connectivity index (χ4n) is 2.97. The second-order valence-corrected chi connectivity index (χ2v) is 6.15. The summed E-state index contributed by atoms with van der Waals surface area (Å²) < 4.78 is 5.08. The molecule has 0 bridgehead atoms. The Morgan fingerprint density at radius 1 is 1.15 bits per heavy atom. The molecule has 1 atom stereocenters. The van der Waals surface area contributed by atoms with Crippen molar-refractivity contribution >= 4 is 23.4 Å². The molecule has 0 spiro atoms. The van der Waals surface area contributed by atoms with Crippen LogP contribution < -0.4 is 15.4 Å². The topological polar surface area (TPSA) is 87.7 Å². The van der Waals surface area contributed by atoms with Gasteiger partial charge in [-0.3, -0.25) is 14.4 Å². The van der Waals surface area contributed by atoms with Gasteiger partial charge in [-0.1, -0.05) is 18.2 Å². The number of amides is 3. The van der Waals surface area contributed by atoms with E-state index in [1.165, 1.54) is 4.90 Å². The van der Waals surface area contributed by atoms with Gasteiger partial charge in [0.2, 0.25) is 11.8 Å². The third-order valence-electron chi connectivity index (χ3n) is 4.36. The van der Waals surface area contributed by atoms with Crippen molar-refractivity contribution in [3.63, 3.8) is 0 Å². The predicted octanol–water partition coefficient (Wildman–Crippen LogP) is 1.66. The van der Waals surface area contributed by atoms with Gasteiger partial charge in [-0.05, 0) is 36.4 Å². The molecule has 2 aromatic carbocycles. The molecule has 1 aliphatic rings. The quantitative estimate of drug-likeness (QED) is 0.841. The van der Waals surface area contributed by atoms with Crippen LogP contribution in [0.3, 0.4) is 0 Å². The number of carbonyl (C=O) groups is 3. The summed E-state index contributed by atoms with van der Waals surface area (Å²) in [6.45, 7) is 0.730. The van der Waals surface area contributed by atoms with Gasteiger partial charge in [0.25, 0.3) is 5.91 Å². The molecule has 0 radical (unpaired) electrons. The van der Waals surface area contributed by atoms with Crippen LogP contribution in [0.4, 0.5) is 5.69 Å². The zero-order valence-electron chi connectivity index (χ0n) is 15.0. The molecule has 1 heterocycles. The second kappa shape index (κ2) is 8.35. The Morgan fingerprint density at radius 2 is 1.85 bits per heavy atom. The Kier molecular flexibility index (Phi) is 5.71. The summed E-state index contributed by atoms with van der Waals surface area (Å²) in [5.74, 6) is -0.240. The van der Waals surface area contributed by atoms with Gasteiger partial charge in [-0.25, -0.2) is 0 Å². The number of nitrogens with zero attached hydrogens (tertiary/aromatic N) is 1. The number of benzene rings is 2. The van der Waals surface area contributed by atoms with Crippen LogP contribution in [-0.2, 0) is 9.59 Å². The van der Waals surface area contributed by atoms with Crippen LogP contribution in [0.15, 0.2) is 54.6 Å². The van der Waals surface area contributed by atoms with Crippen LogP contribution in [0.5, 0.6) is 5.75 Å². The lowest BCUT2D eigenvalue weighted by Gasteiger charge is -2.34. The van der Waals surface area contributed by atoms with Crippen LogP contribution in [0, 0.1) is 0 Å². The number of piperazine rings is 1. The van der Waals surface area contributed by atoms with Crippen molar-refractivity contribution in [1.29, 1.82) is 0 Å². The molecule has 2 N–H and O–H groups in total. The van der Waals surface area contributed by atoms with Gasteiger partial charge in [0.05, 0.1) is 13.5 Å². The van der Waals surface area contributed by atoms with Crippen molar-refractivity contribution in [3.8, 4) is 5.75 Å². The highest BCUT2D eigenvalue weighted by molar-refractivity contribution is 6.01. The van der Waals surface area contributed by atoms with E-state index in [1.54, 1.807) is 55.6 Å². The fraction of sp³-hybridized carbons (Fsp3) is 0.250. The second-order valence-electron chi connectivity index (χ2n) is 6.15. The number of hydrogen-bond acceptors (Lipinski definition) is 4. The molecule has 1 aliphatic heterocycles. The van der Waals surface area contributed by atoms with E-state index < -0.39 is 6.04 Å². The molecule has 140 valence electrons. The fourth-order valence-corrected chi connectivity index (χ4v) is 2.97. The molecule has 3 rings (SSSR count). The molecule has 0 aliphatic carbocycles. The lowest BCUT2D eigenvalue weighted by molar-refractivity contribution is -0.131. The van der Waals surface area contributed by atoms with Crippen molar-refractivity contribution in [2.75, 3.05) is 25.5 Å². The molecule has 1 saturated heterocycles. The molecule has 3 amide bonds. The first kappa shape index (κ1) is 18.4. The summed E-state index contributed by atoms with van der Waals surface area (Å²) in [6, 6.07) is 14.8. The van der Waals surface area contributed by atoms with Crippen LogP contribution in [-0.4, -0.2) is 48.9 Å². The Balaban J connectivity index is 1.70. The largest absolute Gasteiger partial charge is 0.497 e. The van der Waals surface area contributed by atoms with Gasteiger partial charge in [-0.2, -0.15) is 0 Å². The number of rotatable bonds is 5. The van der Waals surface area contributed by atoms with E-state index in [2.05, 4.69) is 10.6 Å². The minimum Gasteiger partial charge on any atom is -0.497 e. The molecule has 0 unspecified atom stereocenters. The summed E-state index contributed by atoms with van der Waals surface area (Å²) in [6.07, 6.45) is -0.115. The number of hydrogen-bond donors (Lipinski definition) is 2. The van der Waals surface area contributed by atoms with Crippen LogP contribution in [0.1, 0.15) is 16.8 Å². The van der Waals surface area contributed by atoms with Crippen LogP contribution in [0.25, 0.3) is 0 Å². The minimum absolute atomic E-state index is 0.115. The maximum Gasteiger partial charge on any atom is 0.254 e. The maximum atomic E-state index is 12.8. The minimum atomic E-state index is -0.843. The third kappa shape index (κ3) is 4.44. The van der Waals surface area contributed by atoms with Crippen molar-refractivity contribution in [2.45, 2.75) is 12.5 Å². The van der Waals surface area contributed by atoms with Crippen molar-refractivity contribution in [1.82, 2.24) is 10.2 Å². The van der Waals surface area contributed by atoms with Gasteiger partial charge >= 0.3 is 0 Å². The van der Waals surface area contributed by atoms with Crippen molar-refractivity contribution in [2.24, 2.45) is 0 Å². The molecular weight excluding hydrogens is 346 g/mol. The van der Waals surface area contributed by atoms with E-state index in [9.17, 15) is 14.4 Å². The summed E-state index contributed by atoms with van der Waals surface area (Å²) >= 11 is 0. The van der Waals surface area contributed by atoms with E-state index >= 15 is 0 Å². The average Bonchev–Trinajstić information content (AvgIpc) is 2.70. The van der Waals surface area contributed by atoms with E-state index in [1.807, 2.05) is 6.07 Å². The number of methoxy groups -OCH3 is 1. The van der Waals surface area contributed by atoms with Gasteiger partial charge in [0.15, 0.2) is 0 Å². The Bertz CT molecular complexity index is 821. The number of carbonyl (C=O) groups excluding carboxylic acids is 3. The Hall–Kier alpha value is -3.35. The molecule has 2 aromatic rings.